The monoisotopic (exact) mass is 489 g/mol. The molecule has 0 saturated carbocycles. The molecule has 35 heavy (non-hydrogen) atoms. The molecule has 13 nitrogen and oxygen atoms in total. The summed E-state index contributed by atoms with van der Waals surface area (Å²) in [5.74, 6) is 0.356. The van der Waals surface area contributed by atoms with Gasteiger partial charge in [-0.15, -0.1) is 0 Å². The Balaban J connectivity index is 1.36. The largest absolute Gasteiger partial charge is 0.491 e. The standard InChI is InChI=1S/C22H23N3O10/c1-2-31-21(26)22-11-19(13-32-17-7-3-15(4-8-17)23(27)28)34-25(22)35-20(12-22)14-33-18-9-5-16(6-10-18)24(29)30/h3-10,19-20H,2,11-14H2,1H3/t19-,20-/m1/s1. The van der Waals surface area contributed by atoms with Crippen molar-refractivity contribution in [1.82, 2.24) is 5.23 Å². The van der Waals surface area contributed by atoms with E-state index in [2.05, 4.69) is 0 Å². The maximum absolute atomic E-state index is 12.9. The molecule has 2 aromatic rings. The number of nitro groups is 2. The zero-order valence-electron chi connectivity index (χ0n) is 18.7. The van der Waals surface area contributed by atoms with Gasteiger partial charge in [0.25, 0.3) is 11.4 Å². The van der Waals surface area contributed by atoms with E-state index in [9.17, 15) is 25.0 Å². The molecule has 0 spiro atoms. The molecule has 0 radical (unpaired) electrons. The maximum Gasteiger partial charge on any atom is 0.331 e. The molecule has 2 aromatic carbocycles. The third kappa shape index (κ3) is 5.31. The summed E-state index contributed by atoms with van der Waals surface area (Å²) >= 11 is 0. The van der Waals surface area contributed by atoms with Crippen LogP contribution in [0.5, 0.6) is 11.5 Å². The van der Waals surface area contributed by atoms with Gasteiger partial charge in [-0.2, -0.15) is 0 Å². The van der Waals surface area contributed by atoms with Crippen LogP contribution in [-0.2, 0) is 19.2 Å². The van der Waals surface area contributed by atoms with Gasteiger partial charge in [-0.3, -0.25) is 29.9 Å². The van der Waals surface area contributed by atoms with E-state index in [0.717, 1.165) is 5.23 Å². The molecule has 2 saturated heterocycles. The fourth-order valence-corrected chi connectivity index (χ4v) is 3.95. The summed E-state index contributed by atoms with van der Waals surface area (Å²) < 4.78 is 16.6. The lowest BCUT2D eigenvalue weighted by molar-refractivity contribution is -0.385. The fourth-order valence-electron chi connectivity index (χ4n) is 3.95. The smallest absolute Gasteiger partial charge is 0.331 e. The van der Waals surface area contributed by atoms with Crippen LogP contribution in [0.3, 0.4) is 0 Å². The maximum atomic E-state index is 12.9. The number of nitrogens with zero attached hydrogens (tertiary/aromatic N) is 3. The van der Waals surface area contributed by atoms with Crippen LogP contribution in [-0.4, -0.2) is 58.6 Å². The predicted octanol–water partition coefficient (Wildman–Crippen LogP) is 2.97. The van der Waals surface area contributed by atoms with Gasteiger partial charge in [-0.1, -0.05) is 0 Å². The number of rotatable bonds is 10. The molecule has 13 heteroatoms. The number of benzene rings is 2. The Labute approximate surface area is 199 Å². The minimum Gasteiger partial charge on any atom is -0.491 e. The number of hydrogen-bond donors (Lipinski definition) is 0. The van der Waals surface area contributed by atoms with Crippen molar-refractivity contribution in [1.29, 1.82) is 0 Å². The summed E-state index contributed by atoms with van der Waals surface area (Å²) in [6, 6.07) is 11.3. The van der Waals surface area contributed by atoms with Gasteiger partial charge in [0.05, 0.1) is 16.5 Å². The molecule has 2 aliphatic heterocycles. The number of nitro benzene ring substituents is 2. The van der Waals surface area contributed by atoms with Crippen LogP contribution in [0.25, 0.3) is 0 Å². The van der Waals surface area contributed by atoms with Crippen molar-refractivity contribution in [2.45, 2.75) is 37.5 Å². The molecule has 2 atom stereocenters. The number of hydrogen-bond acceptors (Lipinski definition) is 11. The van der Waals surface area contributed by atoms with Crippen molar-refractivity contribution < 1.29 is 38.5 Å². The van der Waals surface area contributed by atoms with Crippen LogP contribution in [0.2, 0.25) is 0 Å². The molecule has 0 aliphatic carbocycles. The van der Waals surface area contributed by atoms with Gasteiger partial charge in [0, 0.05) is 37.1 Å². The fraction of sp³-hybridized carbons (Fsp3) is 0.409. The number of hydroxylamine groups is 2. The van der Waals surface area contributed by atoms with Crippen LogP contribution in [0.1, 0.15) is 19.8 Å². The number of carbonyl (C=O) groups excluding carboxylic acids is 1. The van der Waals surface area contributed by atoms with Crippen LogP contribution in [0.4, 0.5) is 11.4 Å². The van der Waals surface area contributed by atoms with Crippen LogP contribution in [0, 0.1) is 20.2 Å². The highest BCUT2D eigenvalue weighted by molar-refractivity contribution is 5.81. The van der Waals surface area contributed by atoms with Gasteiger partial charge in [0.15, 0.2) is 5.54 Å². The zero-order valence-corrected chi connectivity index (χ0v) is 18.7. The van der Waals surface area contributed by atoms with Crippen molar-refractivity contribution in [2.24, 2.45) is 0 Å². The van der Waals surface area contributed by atoms with E-state index in [1.54, 1.807) is 6.92 Å². The van der Waals surface area contributed by atoms with Crippen LogP contribution in [0.15, 0.2) is 48.5 Å². The second-order valence-corrected chi connectivity index (χ2v) is 8.00. The lowest BCUT2D eigenvalue weighted by atomic mass is 9.89. The van der Waals surface area contributed by atoms with Crippen molar-refractivity contribution in [3.8, 4) is 11.5 Å². The number of esters is 1. The van der Waals surface area contributed by atoms with Gasteiger partial charge < -0.3 is 14.2 Å². The molecule has 0 N–H and O–H groups in total. The van der Waals surface area contributed by atoms with E-state index < -0.39 is 33.6 Å². The summed E-state index contributed by atoms with van der Waals surface area (Å²) in [5.41, 5.74) is -1.28. The number of ether oxygens (including phenoxy) is 3. The molecule has 186 valence electrons. The summed E-state index contributed by atoms with van der Waals surface area (Å²) in [6.45, 7) is 2.06. The van der Waals surface area contributed by atoms with E-state index in [1.807, 2.05) is 0 Å². The summed E-state index contributed by atoms with van der Waals surface area (Å²) in [6.07, 6.45) is -0.558. The molecule has 0 aromatic heterocycles. The Hall–Kier alpha value is -3.81. The lowest BCUT2D eigenvalue weighted by Gasteiger charge is -2.23. The van der Waals surface area contributed by atoms with E-state index in [1.165, 1.54) is 48.5 Å². The third-order valence-electron chi connectivity index (χ3n) is 5.59. The lowest BCUT2D eigenvalue weighted by Crippen LogP contribution is -2.46. The first-order valence-corrected chi connectivity index (χ1v) is 10.9. The molecule has 0 bridgehead atoms. The first-order chi connectivity index (χ1) is 16.8. The average molecular weight is 489 g/mol. The van der Waals surface area contributed by atoms with Crippen molar-refractivity contribution in [3.05, 3.63) is 68.8 Å². The first kappa shape index (κ1) is 24.3. The second-order valence-electron chi connectivity index (χ2n) is 8.00. The Morgan fingerprint density at radius 1 is 0.914 bits per heavy atom. The molecule has 2 heterocycles. The Kier molecular flexibility index (Phi) is 7.10. The van der Waals surface area contributed by atoms with Crippen molar-refractivity contribution in [3.63, 3.8) is 0 Å². The van der Waals surface area contributed by atoms with Gasteiger partial charge >= 0.3 is 5.97 Å². The van der Waals surface area contributed by atoms with Crippen molar-refractivity contribution in [2.75, 3.05) is 19.8 Å². The van der Waals surface area contributed by atoms with E-state index in [0.29, 0.717) is 11.5 Å². The van der Waals surface area contributed by atoms with E-state index >= 15 is 0 Å². The molecule has 2 fully saturated rings. The molecule has 4 rings (SSSR count). The van der Waals surface area contributed by atoms with Crippen molar-refractivity contribution >= 4 is 17.3 Å². The number of non-ortho nitro benzene ring substituents is 2. The quantitative estimate of drug-likeness (QED) is 0.275. The molecule has 0 amide bonds. The van der Waals surface area contributed by atoms with Gasteiger partial charge in [-0.05, 0) is 36.4 Å². The molecular weight excluding hydrogens is 466 g/mol. The highest BCUT2D eigenvalue weighted by atomic mass is 17.0. The molecule has 2 aliphatic rings. The third-order valence-corrected chi connectivity index (χ3v) is 5.59. The van der Waals surface area contributed by atoms with E-state index in [-0.39, 0.29) is 44.0 Å². The number of carbonyl (C=O) groups is 1. The first-order valence-electron chi connectivity index (χ1n) is 10.9. The number of fused-ring (bicyclic) bond motifs is 1. The van der Waals surface area contributed by atoms with Gasteiger partial charge in [0.1, 0.15) is 36.9 Å². The van der Waals surface area contributed by atoms with E-state index in [4.69, 9.17) is 23.9 Å². The Bertz CT molecular complexity index is 1000. The second kappa shape index (κ2) is 10.2. The highest BCUT2D eigenvalue weighted by Gasteiger charge is 2.61. The average Bonchev–Trinajstić information content (AvgIpc) is 3.37. The zero-order chi connectivity index (χ0) is 25.0. The highest BCUT2D eigenvalue weighted by Crippen LogP contribution is 2.43. The minimum atomic E-state index is -1.18. The van der Waals surface area contributed by atoms with Crippen LogP contribution < -0.4 is 9.47 Å². The topological polar surface area (TPSA) is 153 Å². The SMILES string of the molecule is CCOC(=O)C12C[C@H](COc3ccc([N+](=O)[O-])cc3)ON1O[C@@H](COc1ccc([N+](=O)[O-])cc1)C2. The minimum absolute atomic E-state index is 0.0493. The molecular formula is C22H23N3O10. The summed E-state index contributed by atoms with van der Waals surface area (Å²) in [5, 5.41) is 22.7. The van der Waals surface area contributed by atoms with Gasteiger partial charge in [-0.25, -0.2) is 4.79 Å². The summed E-state index contributed by atoms with van der Waals surface area (Å²) in [7, 11) is 0. The van der Waals surface area contributed by atoms with Crippen LogP contribution >= 0.6 is 0 Å². The van der Waals surface area contributed by atoms with Gasteiger partial charge in [0.2, 0.25) is 0 Å². The summed E-state index contributed by atoms with van der Waals surface area (Å²) in [4.78, 5) is 45.0. The predicted molar refractivity (Wildman–Crippen MR) is 117 cm³/mol. The normalized spacial score (nSPS) is 20.7. The Morgan fingerprint density at radius 3 is 1.71 bits per heavy atom. The molecule has 0 unspecified atom stereocenters. The Morgan fingerprint density at radius 2 is 1.34 bits per heavy atom.